The van der Waals surface area contributed by atoms with Gasteiger partial charge < -0.3 is 21.1 Å². The van der Waals surface area contributed by atoms with Crippen molar-refractivity contribution < 1.29 is 9.53 Å². The highest BCUT2D eigenvalue weighted by Gasteiger charge is 2.25. The summed E-state index contributed by atoms with van der Waals surface area (Å²) < 4.78 is 6.92. The first-order valence-corrected chi connectivity index (χ1v) is 8.13. The second-order valence-electron chi connectivity index (χ2n) is 7.78. The van der Waals surface area contributed by atoms with Crippen molar-refractivity contribution in [2.24, 2.45) is 0 Å². The van der Waals surface area contributed by atoms with Gasteiger partial charge in [-0.15, -0.1) is 5.10 Å². The number of nitrogens with zero attached hydrogens (tertiary/aromatic N) is 4. The molecule has 0 saturated carbocycles. The van der Waals surface area contributed by atoms with Gasteiger partial charge in [-0.25, -0.2) is 4.79 Å². The Balaban J connectivity index is 2.15. The van der Waals surface area contributed by atoms with Crippen LogP contribution >= 0.6 is 0 Å². The number of nitrogen functional groups attached to an aromatic ring is 1. The number of nitrogens with one attached hydrogen (secondary N) is 2. The number of carbonyl (C=O) groups is 1. The number of nitrogens with two attached hydrogens (primary N) is 1. The number of pyridine rings is 1. The van der Waals surface area contributed by atoms with Gasteiger partial charge in [-0.05, 0) is 64.5 Å². The molecule has 0 spiro atoms. The van der Waals surface area contributed by atoms with E-state index < -0.39 is 17.2 Å². The van der Waals surface area contributed by atoms with Crippen molar-refractivity contribution in [3.8, 4) is 0 Å². The Morgan fingerprint density at radius 2 is 1.88 bits per heavy atom. The molecule has 0 aromatic carbocycles. The molecule has 0 saturated heterocycles. The third-order valence-electron chi connectivity index (χ3n) is 3.76. The monoisotopic (exact) mass is 349 g/mol. The van der Waals surface area contributed by atoms with Gasteiger partial charge in [-0.2, -0.15) is 4.52 Å². The van der Waals surface area contributed by atoms with E-state index in [1.807, 2.05) is 48.5 Å². The summed E-state index contributed by atoms with van der Waals surface area (Å²) in [4.78, 5) is 12.0. The number of anilines is 2. The Kier molecular flexibility index (Phi) is 4.79. The quantitative estimate of drug-likeness (QED) is 0.772. The number of fused-ring (bicyclic) bond motifs is 1. The van der Waals surface area contributed by atoms with Crippen LogP contribution in [0.3, 0.4) is 0 Å². The Hall–Kier alpha value is -2.58. The third-order valence-corrected chi connectivity index (χ3v) is 3.76. The Bertz CT molecular complexity index is 790. The van der Waals surface area contributed by atoms with Gasteiger partial charge in [0.25, 0.3) is 0 Å². The molecule has 2 aromatic rings. The summed E-state index contributed by atoms with van der Waals surface area (Å²) in [6, 6.07) is 0. The summed E-state index contributed by atoms with van der Waals surface area (Å²) in [6.07, 6.45) is -0.461. The number of aromatic nitrogens is 4. The summed E-state index contributed by atoms with van der Waals surface area (Å²) in [5.41, 5.74) is 8.70. The van der Waals surface area contributed by atoms with Crippen LogP contribution in [0.15, 0.2) is 0 Å². The van der Waals surface area contributed by atoms with Crippen molar-refractivity contribution >= 4 is 23.1 Å². The average molecular weight is 349 g/mol. The van der Waals surface area contributed by atoms with Crippen molar-refractivity contribution in [2.45, 2.75) is 59.6 Å². The van der Waals surface area contributed by atoms with Crippen molar-refractivity contribution in [3.63, 3.8) is 0 Å². The molecule has 0 bridgehead atoms. The van der Waals surface area contributed by atoms with Crippen molar-refractivity contribution in [1.29, 1.82) is 0 Å². The summed E-state index contributed by atoms with van der Waals surface area (Å²) in [6.45, 7) is 13.6. The lowest BCUT2D eigenvalue weighted by atomic mass is 10.0. The molecule has 0 radical (unpaired) electrons. The molecule has 0 atom stereocenters. The van der Waals surface area contributed by atoms with E-state index in [-0.39, 0.29) is 0 Å². The van der Waals surface area contributed by atoms with Crippen LogP contribution in [0.1, 0.15) is 45.9 Å². The minimum Gasteiger partial charge on any atom is -0.444 e. The van der Waals surface area contributed by atoms with Crippen LogP contribution in [0, 0.1) is 13.8 Å². The maximum Gasteiger partial charge on any atom is 0.408 e. The van der Waals surface area contributed by atoms with Crippen LogP contribution in [-0.2, 0) is 4.74 Å². The van der Waals surface area contributed by atoms with E-state index in [0.29, 0.717) is 17.9 Å². The topological polar surface area (TPSA) is 119 Å². The van der Waals surface area contributed by atoms with Crippen LogP contribution in [0.4, 0.5) is 16.2 Å². The van der Waals surface area contributed by atoms with E-state index in [1.165, 1.54) is 0 Å². The van der Waals surface area contributed by atoms with Crippen LogP contribution in [-0.4, -0.2) is 43.8 Å². The van der Waals surface area contributed by atoms with Gasteiger partial charge in [-0.3, -0.25) is 0 Å². The van der Waals surface area contributed by atoms with Crippen molar-refractivity contribution in [3.05, 3.63) is 11.3 Å². The van der Waals surface area contributed by atoms with Crippen molar-refractivity contribution in [2.75, 3.05) is 17.6 Å². The lowest BCUT2D eigenvalue weighted by molar-refractivity contribution is 0.0478. The summed E-state index contributed by atoms with van der Waals surface area (Å²) in [5, 5.41) is 17.7. The molecule has 2 heterocycles. The fourth-order valence-corrected chi connectivity index (χ4v) is 2.40. The summed E-state index contributed by atoms with van der Waals surface area (Å²) >= 11 is 0. The summed E-state index contributed by atoms with van der Waals surface area (Å²) in [5.74, 6) is 0. The smallest absolute Gasteiger partial charge is 0.408 e. The van der Waals surface area contributed by atoms with Crippen LogP contribution in [0.2, 0.25) is 0 Å². The van der Waals surface area contributed by atoms with Crippen LogP contribution < -0.4 is 16.4 Å². The predicted octanol–water partition coefficient (Wildman–Crippen LogP) is 2.04. The maximum absolute atomic E-state index is 12.0. The van der Waals surface area contributed by atoms with Gasteiger partial charge in [0.05, 0.1) is 11.2 Å². The second kappa shape index (κ2) is 6.38. The first kappa shape index (κ1) is 18.8. The standard InChI is InChI=1S/C16H27N7O2/c1-9-10(2)23-13(20-21-22-23)11(17)12(9)18-8-16(6,7)19-14(24)25-15(3,4)5/h18H,8,17H2,1-7H3,(H,19,24). The SMILES string of the molecule is Cc1c(NCC(C)(C)NC(=O)OC(C)(C)C)c(N)c2nnnn2c1C. The zero-order valence-corrected chi connectivity index (χ0v) is 15.9. The molecule has 9 nitrogen and oxygen atoms in total. The number of amides is 1. The van der Waals surface area contributed by atoms with Crippen molar-refractivity contribution in [1.82, 2.24) is 25.4 Å². The van der Waals surface area contributed by atoms with Crippen LogP contribution in [0.25, 0.3) is 5.65 Å². The van der Waals surface area contributed by atoms with Gasteiger partial charge in [0.2, 0.25) is 5.65 Å². The van der Waals surface area contributed by atoms with Crippen LogP contribution in [0.5, 0.6) is 0 Å². The normalized spacial score (nSPS) is 12.3. The van der Waals surface area contributed by atoms with Gasteiger partial charge in [0.1, 0.15) is 11.3 Å². The molecule has 4 N–H and O–H groups in total. The number of hydrogen-bond donors (Lipinski definition) is 3. The van der Waals surface area contributed by atoms with E-state index in [1.54, 1.807) is 4.52 Å². The average Bonchev–Trinajstić information content (AvgIpc) is 2.91. The first-order chi connectivity index (χ1) is 11.4. The number of hydrogen-bond acceptors (Lipinski definition) is 7. The molecule has 2 aromatic heterocycles. The zero-order chi connectivity index (χ0) is 19.0. The first-order valence-electron chi connectivity index (χ1n) is 8.13. The molecular formula is C16H27N7O2. The highest BCUT2D eigenvalue weighted by molar-refractivity contribution is 5.82. The third kappa shape index (κ3) is 4.28. The predicted molar refractivity (Wildman–Crippen MR) is 96.6 cm³/mol. The molecule has 0 aliphatic rings. The Morgan fingerprint density at radius 1 is 1.24 bits per heavy atom. The molecule has 0 aliphatic carbocycles. The van der Waals surface area contributed by atoms with E-state index in [4.69, 9.17) is 10.5 Å². The minimum atomic E-state index is -0.548. The number of aryl methyl sites for hydroxylation is 1. The number of alkyl carbamates (subject to hydrolysis) is 1. The lowest BCUT2D eigenvalue weighted by Crippen LogP contribution is -2.50. The number of rotatable bonds is 4. The van der Waals surface area contributed by atoms with Gasteiger partial charge in [0, 0.05) is 12.2 Å². The zero-order valence-electron chi connectivity index (χ0n) is 15.9. The van der Waals surface area contributed by atoms with Gasteiger partial charge in [-0.1, -0.05) is 0 Å². The highest BCUT2D eigenvalue weighted by atomic mass is 16.6. The molecule has 0 unspecified atom stereocenters. The molecule has 9 heteroatoms. The molecule has 0 fully saturated rings. The molecular weight excluding hydrogens is 322 g/mol. The molecule has 25 heavy (non-hydrogen) atoms. The van der Waals surface area contributed by atoms with E-state index in [9.17, 15) is 4.79 Å². The minimum absolute atomic E-state index is 0.453. The number of tetrazole rings is 1. The molecule has 1 amide bonds. The molecule has 0 aliphatic heterocycles. The Labute approximate surface area is 147 Å². The van der Waals surface area contributed by atoms with E-state index in [2.05, 4.69) is 26.2 Å². The Morgan fingerprint density at radius 3 is 2.48 bits per heavy atom. The molecule has 2 rings (SSSR count). The fraction of sp³-hybridized carbons (Fsp3) is 0.625. The lowest BCUT2D eigenvalue weighted by Gasteiger charge is -2.29. The molecule has 138 valence electrons. The van der Waals surface area contributed by atoms with E-state index >= 15 is 0 Å². The van der Waals surface area contributed by atoms with Gasteiger partial charge >= 0.3 is 6.09 Å². The fourth-order valence-electron chi connectivity index (χ4n) is 2.40. The summed E-state index contributed by atoms with van der Waals surface area (Å²) in [7, 11) is 0. The van der Waals surface area contributed by atoms with Gasteiger partial charge in [0.15, 0.2) is 0 Å². The number of ether oxygens (including phenoxy) is 1. The second-order valence-corrected chi connectivity index (χ2v) is 7.78. The maximum atomic E-state index is 12.0. The van der Waals surface area contributed by atoms with E-state index in [0.717, 1.165) is 16.9 Å². The number of carbonyl (C=O) groups excluding carboxylic acids is 1. The largest absolute Gasteiger partial charge is 0.444 e. The highest BCUT2D eigenvalue weighted by Crippen LogP contribution is 2.29.